The zero-order valence-electron chi connectivity index (χ0n) is 31.2. The van der Waals surface area contributed by atoms with Gasteiger partial charge in [-0.15, -0.1) is 0 Å². The highest BCUT2D eigenvalue weighted by atomic mass is 19.1. The number of amides is 1. The van der Waals surface area contributed by atoms with Crippen molar-refractivity contribution in [2.45, 2.75) is 78.1 Å². The first kappa shape index (κ1) is 38.8. The molecule has 0 spiro atoms. The summed E-state index contributed by atoms with van der Waals surface area (Å²) in [5.74, 6) is -0.599. The monoisotopic (exact) mass is 718 g/mol. The van der Waals surface area contributed by atoms with Gasteiger partial charge in [0.1, 0.15) is 34.4 Å². The number of hydrogen-bond donors (Lipinski definition) is 0. The second kappa shape index (κ2) is 18.4. The van der Waals surface area contributed by atoms with Gasteiger partial charge in [-0.3, -0.25) is 9.59 Å². The van der Waals surface area contributed by atoms with Crippen molar-refractivity contribution in [3.63, 3.8) is 0 Å². The van der Waals surface area contributed by atoms with E-state index in [9.17, 15) is 18.4 Å². The molecule has 0 unspecified atom stereocenters. The van der Waals surface area contributed by atoms with Crippen LogP contribution in [0.3, 0.4) is 0 Å². The highest BCUT2D eigenvalue weighted by Gasteiger charge is 2.25. The molecule has 280 valence electrons. The van der Waals surface area contributed by atoms with Gasteiger partial charge >= 0.3 is 0 Å². The SMILES string of the molecule is CCCCOc1cc(OC)cc(-n2cc(C(=O)N(CC)c3cc(F)cc(F)c3)c(=O)c3ccc(OCCCCCCC[N+]4(C)CCCCC4)cc32)c1. The van der Waals surface area contributed by atoms with Crippen LogP contribution in [0.5, 0.6) is 17.2 Å². The standard InChI is InChI=1S/C42H54F2N3O5/c1-5-7-21-52-37-27-34(26-36(28-37)50-4)46-30-39(42(49)45(6-2)33-24-31(43)23-32(44)25-33)41(48)38-17-16-35(29-40(38)46)51-22-15-10-8-9-12-18-47(3)19-13-11-14-20-47/h16-17,23-30H,5-15,18-22H2,1-4H3/q+1. The highest BCUT2D eigenvalue weighted by molar-refractivity contribution is 6.07. The van der Waals surface area contributed by atoms with Gasteiger partial charge in [0.2, 0.25) is 5.43 Å². The van der Waals surface area contributed by atoms with Crippen LogP contribution in [-0.2, 0) is 0 Å². The van der Waals surface area contributed by atoms with Gasteiger partial charge in [0.05, 0.1) is 58.2 Å². The molecule has 1 saturated heterocycles. The number of halogens is 2. The van der Waals surface area contributed by atoms with Gasteiger partial charge in [-0.1, -0.05) is 26.2 Å². The van der Waals surface area contributed by atoms with E-state index in [0.29, 0.717) is 47.1 Å². The van der Waals surface area contributed by atoms with Crippen molar-refractivity contribution in [1.82, 2.24) is 4.57 Å². The maximum absolute atomic E-state index is 14.2. The number of aromatic nitrogens is 1. The third-order valence-electron chi connectivity index (χ3n) is 10.1. The fourth-order valence-electron chi connectivity index (χ4n) is 7.09. The van der Waals surface area contributed by atoms with E-state index in [0.717, 1.165) is 43.9 Å². The van der Waals surface area contributed by atoms with E-state index in [1.165, 1.54) is 73.7 Å². The lowest BCUT2D eigenvalue weighted by Gasteiger charge is -2.37. The second-order valence-electron chi connectivity index (χ2n) is 14.1. The molecule has 0 atom stereocenters. The normalized spacial score (nSPS) is 14.0. The lowest BCUT2D eigenvalue weighted by atomic mass is 10.1. The molecule has 4 aromatic rings. The Morgan fingerprint density at radius 3 is 2.19 bits per heavy atom. The molecule has 1 aliphatic rings. The molecule has 0 bridgehead atoms. The molecule has 52 heavy (non-hydrogen) atoms. The number of nitrogens with zero attached hydrogens (tertiary/aromatic N) is 3. The van der Waals surface area contributed by atoms with Crippen LogP contribution in [-0.4, -0.2) is 68.5 Å². The molecule has 5 rings (SSSR count). The maximum atomic E-state index is 14.2. The van der Waals surface area contributed by atoms with Gasteiger partial charge in [0.25, 0.3) is 5.91 Å². The number of pyridine rings is 1. The molecule has 1 amide bonds. The third kappa shape index (κ3) is 9.91. The summed E-state index contributed by atoms with van der Waals surface area (Å²) in [5, 5.41) is 0.293. The number of quaternary nitrogens is 1. The van der Waals surface area contributed by atoms with Crippen molar-refractivity contribution in [3.05, 3.63) is 88.2 Å². The van der Waals surface area contributed by atoms with Crippen molar-refractivity contribution in [2.75, 3.05) is 58.5 Å². The Kier molecular flexibility index (Phi) is 13.7. The quantitative estimate of drug-likeness (QED) is 0.0759. The van der Waals surface area contributed by atoms with Gasteiger partial charge < -0.3 is 28.2 Å². The van der Waals surface area contributed by atoms with Crippen LogP contribution >= 0.6 is 0 Å². The van der Waals surface area contributed by atoms with E-state index < -0.39 is 23.0 Å². The number of unbranched alkanes of at least 4 members (excludes halogenated alkanes) is 5. The van der Waals surface area contributed by atoms with E-state index in [-0.39, 0.29) is 17.8 Å². The molecular formula is C42H54F2N3O5+. The fraction of sp³-hybridized carbons (Fsp3) is 0.476. The summed E-state index contributed by atoms with van der Waals surface area (Å²) < 4.78 is 49.2. The average Bonchev–Trinajstić information content (AvgIpc) is 3.13. The van der Waals surface area contributed by atoms with Gasteiger partial charge in [-0.25, -0.2) is 8.78 Å². The van der Waals surface area contributed by atoms with Crippen LogP contribution in [0.1, 0.15) is 88.4 Å². The molecule has 1 aromatic heterocycles. The number of piperidine rings is 1. The second-order valence-corrected chi connectivity index (χ2v) is 14.1. The van der Waals surface area contributed by atoms with Gasteiger partial charge in [-0.2, -0.15) is 0 Å². The molecule has 0 aliphatic carbocycles. The van der Waals surface area contributed by atoms with Crippen LogP contribution in [0.25, 0.3) is 16.6 Å². The average molecular weight is 719 g/mol. The summed E-state index contributed by atoms with van der Waals surface area (Å²) in [7, 11) is 3.96. The number of likely N-dealkylation sites (tertiary alicyclic amines) is 1. The maximum Gasteiger partial charge on any atom is 0.263 e. The third-order valence-corrected chi connectivity index (χ3v) is 10.1. The number of carbonyl (C=O) groups is 1. The van der Waals surface area contributed by atoms with E-state index in [1.807, 2.05) is 12.1 Å². The molecule has 10 heteroatoms. The summed E-state index contributed by atoms with van der Waals surface area (Å²) in [4.78, 5) is 29.2. The van der Waals surface area contributed by atoms with Crippen molar-refractivity contribution in [2.24, 2.45) is 0 Å². The number of ether oxygens (including phenoxy) is 3. The number of anilines is 1. The van der Waals surface area contributed by atoms with Crippen LogP contribution in [0, 0.1) is 11.6 Å². The Hall–Kier alpha value is -4.44. The van der Waals surface area contributed by atoms with E-state index in [1.54, 1.807) is 42.9 Å². The smallest absolute Gasteiger partial charge is 0.263 e. The lowest BCUT2D eigenvalue weighted by molar-refractivity contribution is -0.914. The Bertz CT molecular complexity index is 1850. The topological polar surface area (TPSA) is 70.0 Å². The number of benzene rings is 3. The van der Waals surface area contributed by atoms with E-state index in [4.69, 9.17) is 14.2 Å². The van der Waals surface area contributed by atoms with E-state index in [2.05, 4.69) is 14.0 Å². The van der Waals surface area contributed by atoms with Crippen LogP contribution in [0.2, 0.25) is 0 Å². The summed E-state index contributed by atoms with van der Waals surface area (Å²) in [6, 6.07) is 13.5. The van der Waals surface area contributed by atoms with Gasteiger partial charge in [0.15, 0.2) is 0 Å². The molecule has 2 heterocycles. The summed E-state index contributed by atoms with van der Waals surface area (Å²) in [5.41, 5.74) is 0.496. The Morgan fingerprint density at radius 2 is 1.48 bits per heavy atom. The molecule has 1 fully saturated rings. The number of rotatable bonds is 18. The minimum Gasteiger partial charge on any atom is -0.497 e. The van der Waals surface area contributed by atoms with Crippen molar-refractivity contribution in [1.29, 1.82) is 0 Å². The fourth-order valence-corrected chi connectivity index (χ4v) is 7.09. The molecule has 0 saturated carbocycles. The summed E-state index contributed by atoms with van der Waals surface area (Å²) >= 11 is 0. The summed E-state index contributed by atoms with van der Waals surface area (Å²) in [6.45, 7) is 8.80. The Balaban J connectivity index is 1.41. The van der Waals surface area contributed by atoms with Crippen LogP contribution in [0.15, 0.2) is 65.6 Å². The van der Waals surface area contributed by atoms with Gasteiger partial charge in [-0.05, 0) is 76.1 Å². The van der Waals surface area contributed by atoms with Crippen molar-refractivity contribution < 1.29 is 32.3 Å². The number of hydrogen-bond acceptors (Lipinski definition) is 5. The number of methoxy groups -OCH3 is 1. The van der Waals surface area contributed by atoms with Crippen LogP contribution < -0.4 is 24.5 Å². The first-order valence-corrected chi connectivity index (χ1v) is 18.9. The first-order valence-electron chi connectivity index (χ1n) is 18.9. The minimum atomic E-state index is -0.819. The molecule has 8 nitrogen and oxygen atoms in total. The zero-order chi connectivity index (χ0) is 37.1. The highest BCUT2D eigenvalue weighted by Crippen LogP contribution is 2.30. The largest absolute Gasteiger partial charge is 0.497 e. The van der Waals surface area contributed by atoms with Crippen molar-refractivity contribution in [3.8, 4) is 22.9 Å². The molecule has 0 radical (unpaired) electrons. The Morgan fingerprint density at radius 1 is 0.808 bits per heavy atom. The predicted octanol–water partition coefficient (Wildman–Crippen LogP) is 9.08. The molecular weight excluding hydrogens is 664 g/mol. The van der Waals surface area contributed by atoms with Crippen molar-refractivity contribution >= 4 is 22.5 Å². The predicted molar refractivity (Wildman–Crippen MR) is 203 cm³/mol. The minimum absolute atomic E-state index is 0.0189. The van der Waals surface area contributed by atoms with Gasteiger partial charge in [0, 0.05) is 54.1 Å². The number of fused-ring (bicyclic) bond motifs is 1. The molecule has 0 N–H and O–H groups in total. The molecule has 3 aromatic carbocycles. The summed E-state index contributed by atoms with van der Waals surface area (Å²) in [6.07, 6.45) is 13.1. The Labute approximate surface area is 306 Å². The first-order chi connectivity index (χ1) is 25.1. The zero-order valence-corrected chi connectivity index (χ0v) is 31.2. The van der Waals surface area contributed by atoms with E-state index >= 15 is 0 Å². The lowest BCUT2D eigenvalue weighted by Crippen LogP contribution is -2.48. The van der Waals surface area contributed by atoms with Crippen LogP contribution in [0.4, 0.5) is 14.5 Å². The molecule has 1 aliphatic heterocycles. The number of carbonyl (C=O) groups excluding carboxylic acids is 1.